The van der Waals surface area contributed by atoms with Crippen LogP contribution in [0.15, 0.2) is 35.1 Å². The Labute approximate surface area is 129 Å². The van der Waals surface area contributed by atoms with Gasteiger partial charge in [-0.05, 0) is 30.7 Å². The quantitative estimate of drug-likeness (QED) is 0.834. The van der Waals surface area contributed by atoms with Crippen LogP contribution in [0.3, 0.4) is 0 Å². The first kappa shape index (κ1) is 14.4. The Morgan fingerprint density at radius 2 is 1.77 bits per heavy atom. The molecule has 0 saturated carbocycles. The van der Waals surface area contributed by atoms with Crippen LogP contribution in [0.2, 0.25) is 0 Å². The third-order valence-electron chi connectivity index (χ3n) is 3.98. The van der Waals surface area contributed by atoms with Gasteiger partial charge in [0.25, 0.3) is 5.56 Å². The summed E-state index contributed by atoms with van der Waals surface area (Å²) in [5.41, 5.74) is 8.44. The van der Waals surface area contributed by atoms with Crippen molar-refractivity contribution in [2.75, 3.05) is 41.7 Å². The topological polar surface area (TPSA) is 78.2 Å². The molecule has 3 rings (SSSR count). The first-order valence-electron chi connectivity index (χ1n) is 7.61. The summed E-state index contributed by atoms with van der Waals surface area (Å²) in [7, 11) is 0. The van der Waals surface area contributed by atoms with E-state index in [1.807, 2.05) is 31.2 Å². The second-order valence-corrected chi connectivity index (χ2v) is 5.48. The van der Waals surface area contributed by atoms with Gasteiger partial charge in [-0.1, -0.05) is 6.92 Å². The van der Waals surface area contributed by atoms with Crippen molar-refractivity contribution < 1.29 is 0 Å². The van der Waals surface area contributed by atoms with Crippen molar-refractivity contribution in [3.05, 3.63) is 46.4 Å². The molecule has 3 N–H and O–H groups in total. The average Bonchev–Trinajstić information content (AvgIpc) is 2.55. The molecular formula is C16H21N5O. The second-order valence-electron chi connectivity index (χ2n) is 5.48. The number of nitrogens with one attached hydrogen (secondary N) is 1. The van der Waals surface area contributed by atoms with Crippen molar-refractivity contribution in [1.29, 1.82) is 0 Å². The molecule has 6 nitrogen and oxygen atoms in total. The SMILES string of the molecule is CCc1cc(=O)[nH]c(N2CCN(c3ccc(N)cc3)CC2)n1. The molecular weight excluding hydrogens is 278 g/mol. The number of H-pyrrole nitrogens is 1. The number of piperazine rings is 1. The van der Waals surface area contributed by atoms with Gasteiger partial charge in [-0.3, -0.25) is 9.78 Å². The Morgan fingerprint density at radius 1 is 1.14 bits per heavy atom. The zero-order chi connectivity index (χ0) is 15.5. The lowest BCUT2D eigenvalue weighted by molar-refractivity contribution is 0.637. The fourth-order valence-corrected chi connectivity index (χ4v) is 2.69. The van der Waals surface area contributed by atoms with Crippen LogP contribution in [0.5, 0.6) is 0 Å². The third-order valence-corrected chi connectivity index (χ3v) is 3.98. The van der Waals surface area contributed by atoms with Crippen molar-refractivity contribution in [3.8, 4) is 0 Å². The molecule has 1 fully saturated rings. The fourth-order valence-electron chi connectivity index (χ4n) is 2.69. The van der Waals surface area contributed by atoms with E-state index in [1.165, 1.54) is 5.69 Å². The Balaban J connectivity index is 1.70. The minimum Gasteiger partial charge on any atom is -0.399 e. The molecule has 0 atom stereocenters. The van der Waals surface area contributed by atoms with E-state index in [1.54, 1.807) is 6.07 Å². The van der Waals surface area contributed by atoms with Crippen molar-refractivity contribution in [3.63, 3.8) is 0 Å². The van der Waals surface area contributed by atoms with Gasteiger partial charge in [-0.25, -0.2) is 4.98 Å². The number of nitrogens with two attached hydrogens (primary N) is 1. The van der Waals surface area contributed by atoms with E-state index in [4.69, 9.17) is 5.73 Å². The number of rotatable bonds is 3. The first-order chi connectivity index (χ1) is 10.7. The van der Waals surface area contributed by atoms with Crippen molar-refractivity contribution in [1.82, 2.24) is 9.97 Å². The Hall–Kier alpha value is -2.50. The van der Waals surface area contributed by atoms with Crippen LogP contribution in [0.25, 0.3) is 0 Å². The lowest BCUT2D eigenvalue weighted by Crippen LogP contribution is -2.47. The highest BCUT2D eigenvalue weighted by Gasteiger charge is 2.19. The number of hydrogen-bond acceptors (Lipinski definition) is 5. The van der Waals surface area contributed by atoms with E-state index in [2.05, 4.69) is 19.8 Å². The maximum atomic E-state index is 11.7. The van der Waals surface area contributed by atoms with E-state index >= 15 is 0 Å². The fraction of sp³-hybridized carbons (Fsp3) is 0.375. The van der Waals surface area contributed by atoms with E-state index < -0.39 is 0 Å². The van der Waals surface area contributed by atoms with Crippen molar-refractivity contribution in [2.45, 2.75) is 13.3 Å². The molecule has 0 aliphatic carbocycles. The average molecular weight is 299 g/mol. The zero-order valence-electron chi connectivity index (χ0n) is 12.7. The monoisotopic (exact) mass is 299 g/mol. The standard InChI is InChI=1S/C16H21N5O/c1-2-13-11-15(22)19-16(18-13)21-9-7-20(8-10-21)14-5-3-12(17)4-6-14/h3-6,11H,2,7-10,17H2,1H3,(H,18,19,22). The number of nitrogen functional groups attached to an aromatic ring is 1. The highest BCUT2D eigenvalue weighted by Crippen LogP contribution is 2.19. The van der Waals surface area contributed by atoms with Crippen LogP contribution in [0.1, 0.15) is 12.6 Å². The summed E-state index contributed by atoms with van der Waals surface area (Å²) in [4.78, 5) is 23.5. The molecule has 2 heterocycles. The van der Waals surface area contributed by atoms with Crippen LogP contribution < -0.4 is 21.1 Å². The van der Waals surface area contributed by atoms with E-state index in [-0.39, 0.29) is 5.56 Å². The number of anilines is 3. The molecule has 1 aromatic heterocycles. The summed E-state index contributed by atoms with van der Waals surface area (Å²) >= 11 is 0. The highest BCUT2D eigenvalue weighted by molar-refractivity contribution is 5.54. The van der Waals surface area contributed by atoms with E-state index in [0.717, 1.165) is 44.0 Å². The number of nitrogens with zero attached hydrogens (tertiary/aromatic N) is 3. The summed E-state index contributed by atoms with van der Waals surface area (Å²) in [6.07, 6.45) is 0.766. The molecule has 0 unspecified atom stereocenters. The molecule has 116 valence electrons. The van der Waals surface area contributed by atoms with Gasteiger partial charge in [-0.15, -0.1) is 0 Å². The summed E-state index contributed by atoms with van der Waals surface area (Å²) < 4.78 is 0. The summed E-state index contributed by atoms with van der Waals surface area (Å²) in [6, 6.07) is 9.50. The number of hydrogen-bond donors (Lipinski definition) is 2. The molecule has 22 heavy (non-hydrogen) atoms. The normalized spacial score (nSPS) is 15.1. The summed E-state index contributed by atoms with van der Waals surface area (Å²) in [5.74, 6) is 0.682. The van der Waals surface area contributed by atoms with Gasteiger partial charge in [0.05, 0.1) is 0 Å². The number of aromatic amines is 1. The van der Waals surface area contributed by atoms with Crippen LogP contribution in [0, 0.1) is 0 Å². The Bertz CT molecular complexity index is 686. The Morgan fingerprint density at radius 3 is 2.41 bits per heavy atom. The largest absolute Gasteiger partial charge is 0.399 e. The molecule has 1 aliphatic heterocycles. The number of aryl methyl sites for hydroxylation is 1. The van der Waals surface area contributed by atoms with Crippen LogP contribution in [0.4, 0.5) is 17.3 Å². The zero-order valence-corrected chi connectivity index (χ0v) is 12.7. The van der Waals surface area contributed by atoms with Gasteiger partial charge in [0.2, 0.25) is 5.95 Å². The molecule has 0 radical (unpaired) electrons. The van der Waals surface area contributed by atoms with Gasteiger partial charge >= 0.3 is 0 Å². The van der Waals surface area contributed by atoms with Crippen molar-refractivity contribution in [2.24, 2.45) is 0 Å². The molecule has 0 spiro atoms. The first-order valence-corrected chi connectivity index (χ1v) is 7.61. The lowest BCUT2D eigenvalue weighted by Gasteiger charge is -2.36. The molecule has 1 aliphatic rings. The van der Waals surface area contributed by atoms with Crippen LogP contribution >= 0.6 is 0 Å². The van der Waals surface area contributed by atoms with E-state index in [9.17, 15) is 4.79 Å². The van der Waals surface area contributed by atoms with Crippen molar-refractivity contribution >= 4 is 17.3 Å². The minimum atomic E-state index is -0.0807. The molecule has 0 bridgehead atoms. The highest BCUT2D eigenvalue weighted by atomic mass is 16.1. The number of benzene rings is 1. The number of aromatic nitrogens is 2. The van der Waals surface area contributed by atoms with Crippen LogP contribution in [-0.2, 0) is 6.42 Å². The minimum absolute atomic E-state index is 0.0807. The van der Waals surface area contributed by atoms with E-state index in [0.29, 0.717) is 5.95 Å². The van der Waals surface area contributed by atoms with Gasteiger partial charge in [-0.2, -0.15) is 0 Å². The summed E-state index contributed by atoms with van der Waals surface area (Å²) in [6.45, 7) is 5.46. The van der Waals surface area contributed by atoms with Gasteiger partial charge in [0.1, 0.15) is 0 Å². The van der Waals surface area contributed by atoms with Gasteiger partial charge < -0.3 is 15.5 Å². The maximum Gasteiger partial charge on any atom is 0.252 e. The maximum absolute atomic E-state index is 11.7. The summed E-state index contributed by atoms with van der Waals surface area (Å²) in [5, 5.41) is 0. The molecule has 0 amide bonds. The van der Waals surface area contributed by atoms with Crippen LogP contribution in [-0.4, -0.2) is 36.1 Å². The second kappa shape index (κ2) is 6.09. The predicted molar refractivity (Wildman–Crippen MR) is 89.5 cm³/mol. The molecule has 1 aromatic carbocycles. The van der Waals surface area contributed by atoms with Gasteiger partial charge in [0, 0.05) is 49.3 Å². The third kappa shape index (κ3) is 3.05. The van der Waals surface area contributed by atoms with Gasteiger partial charge in [0.15, 0.2) is 0 Å². The molecule has 6 heteroatoms. The lowest BCUT2D eigenvalue weighted by atomic mass is 10.2. The molecule has 2 aromatic rings. The predicted octanol–water partition coefficient (Wildman–Crippen LogP) is 1.24. The molecule has 1 saturated heterocycles. The Kier molecular flexibility index (Phi) is 4.00. The smallest absolute Gasteiger partial charge is 0.252 e.